The molecule has 0 aliphatic carbocycles. The van der Waals surface area contributed by atoms with E-state index in [1.165, 1.54) is 0 Å². The van der Waals surface area contributed by atoms with E-state index in [0.29, 0.717) is 6.61 Å². The first-order chi connectivity index (χ1) is 17.9. The van der Waals surface area contributed by atoms with Crippen molar-refractivity contribution < 1.29 is 18.3 Å². The lowest BCUT2D eigenvalue weighted by atomic mass is 9.87. The molecule has 0 amide bonds. The molecule has 0 fully saturated rings. The van der Waals surface area contributed by atoms with Gasteiger partial charge in [0, 0.05) is 12.5 Å². The molecule has 0 aromatic heterocycles. The Bertz CT molecular complexity index is 878. The third-order valence-corrected chi connectivity index (χ3v) is 17.9. The van der Waals surface area contributed by atoms with Gasteiger partial charge in [-0.15, -0.1) is 0 Å². The zero-order chi connectivity index (χ0) is 30.1. The topological polar surface area (TPSA) is 36.9 Å². The highest BCUT2D eigenvalue weighted by molar-refractivity contribution is 6.74. The van der Waals surface area contributed by atoms with Gasteiger partial charge in [-0.2, -0.15) is 0 Å². The van der Waals surface area contributed by atoms with Crippen molar-refractivity contribution in [2.75, 3.05) is 13.7 Å². The zero-order valence-corrected chi connectivity index (χ0v) is 29.5. The summed E-state index contributed by atoms with van der Waals surface area (Å²) in [6, 6.07) is 8.16. The molecular formula is C33H60O4Si2. The van der Waals surface area contributed by atoms with Crippen LogP contribution in [0.2, 0.25) is 36.3 Å². The van der Waals surface area contributed by atoms with Crippen LogP contribution in [0.25, 0.3) is 0 Å². The molecule has 0 N–H and O–H groups in total. The minimum absolute atomic E-state index is 0.0456. The Balaban J connectivity index is 3.19. The van der Waals surface area contributed by atoms with Crippen molar-refractivity contribution in [3.63, 3.8) is 0 Å². The fourth-order valence-corrected chi connectivity index (χ4v) is 6.59. The van der Waals surface area contributed by atoms with Crippen molar-refractivity contribution in [2.24, 2.45) is 11.8 Å². The Kier molecular flexibility index (Phi) is 13.9. The third kappa shape index (κ3) is 11.3. The van der Waals surface area contributed by atoms with Crippen molar-refractivity contribution in [3.8, 4) is 5.75 Å². The van der Waals surface area contributed by atoms with E-state index < -0.39 is 16.6 Å². The lowest BCUT2D eigenvalue weighted by Gasteiger charge is -2.44. The van der Waals surface area contributed by atoms with Gasteiger partial charge in [0.1, 0.15) is 5.75 Å². The Morgan fingerprint density at radius 1 is 0.897 bits per heavy atom. The average molecular weight is 577 g/mol. The summed E-state index contributed by atoms with van der Waals surface area (Å²) in [5.41, 5.74) is 1.15. The zero-order valence-electron chi connectivity index (χ0n) is 27.5. The van der Waals surface area contributed by atoms with Gasteiger partial charge < -0.3 is 18.3 Å². The first-order valence-electron chi connectivity index (χ1n) is 14.7. The molecular weight excluding hydrogens is 517 g/mol. The van der Waals surface area contributed by atoms with Crippen LogP contribution in [0.4, 0.5) is 0 Å². The molecule has 1 aromatic rings. The van der Waals surface area contributed by atoms with Crippen LogP contribution < -0.4 is 4.74 Å². The van der Waals surface area contributed by atoms with Crippen LogP contribution in [0, 0.1) is 11.8 Å². The first kappa shape index (κ1) is 35.8. The maximum Gasteiger partial charge on any atom is 0.192 e. The lowest BCUT2D eigenvalue weighted by molar-refractivity contribution is -0.0490. The summed E-state index contributed by atoms with van der Waals surface area (Å²) in [4.78, 5) is 0. The van der Waals surface area contributed by atoms with E-state index in [0.717, 1.165) is 30.8 Å². The summed E-state index contributed by atoms with van der Waals surface area (Å²) >= 11 is 0. The number of ether oxygens (including phenoxy) is 2. The van der Waals surface area contributed by atoms with Crippen molar-refractivity contribution in [1.82, 2.24) is 0 Å². The highest BCUT2D eigenvalue weighted by Gasteiger charge is 2.42. The smallest absolute Gasteiger partial charge is 0.192 e. The molecule has 0 saturated carbocycles. The second kappa shape index (κ2) is 15.2. The number of benzene rings is 1. The predicted octanol–water partition coefficient (Wildman–Crippen LogP) is 9.79. The molecule has 0 aliphatic rings. The van der Waals surface area contributed by atoms with E-state index in [1.54, 1.807) is 7.11 Å². The highest BCUT2D eigenvalue weighted by atomic mass is 28.4. The van der Waals surface area contributed by atoms with Crippen LogP contribution >= 0.6 is 0 Å². The van der Waals surface area contributed by atoms with E-state index in [4.69, 9.17) is 18.3 Å². The molecule has 0 heterocycles. The van der Waals surface area contributed by atoms with E-state index in [2.05, 4.69) is 106 Å². The molecule has 0 spiro atoms. The summed E-state index contributed by atoms with van der Waals surface area (Å²) in [5.74, 6) is 1.30. The maximum absolute atomic E-state index is 7.12. The number of rotatable bonds is 16. The summed E-state index contributed by atoms with van der Waals surface area (Å²) in [6.07, 6.45) is 8.10. The second-order valence-electron chi connectivity index (χ2n) is 14.1. The van der Waals surface area contributed by atoms with Gasteiger partial charge in [-0.05, 0) is 72.7 Å². The van der Waals surface area contributed by atoms with E-state index in [-0.39, 0.29) is 34.1 Å². The van der Waals surface area contributed by atoms with E-state index in [1.807, 2.05) is 24.3 Å². The largest absolute Gasteiger partial charge is 0.497 e. The first-order valence-corrected chi connectivity index (χ1v) is 20.5. The fourth-order valence-electron chi connectivity index (χ4n) is 4.04. The van der Waals surface area contributed by atoms with Crippen molar-refractivity contribution in [3.05, 3.63) is 54.6 Å². The molecule has 0 saturated heterocycles. The van der Waals surface area contributed by atoms with Crippen LogP contribution in [-0.2, 0) is 20.2 Å². The monoisotopic (exact) mass is 576 g/mol. The van der Waals surface area contributed by atoms with Gasteiger partial charge in [-0.3, -0.25) is 0 Å². The van der Waals surface area contributed by atoms with Gasteiger partial charge in [0.15, 0.2) is 16.6 Å². The van der Waals surface area contributed by atoms with Gasteiger partial charge in [0.25, 0.3) is 0 Å². The lowest BCUT2D eigenvalue weighted by Crippen LogP contribution is -2.49. The number of allylic oxidation sites excluding steroid dienone is 2. The van der Waals surface area contributed by atoms with Crippen LogP contribution in [-0.4, -0.2) is 42.6 Å². The minimum atomic E-state index is -2.01. The normalized spacial score (nSPS) is 16.6. The molecule has 0 radical (unpaired) electrons. The van der Waals surface area contributed by atoms with Crippen molar-refractivity contribution in [1.29, 1.82) is 0 Å². The fraction of sp³-hybridized carbons (Fsp3) is 0.697. The number of methoxy groups -OCH3 is 1. The van der Waals surface area contributed by atoms with Crippen LogP contribution in [0.5, 0.6) is 5.75 Å². The summed E-state index contributed by atoms with van der Waals surface area (Å²) < 4.78 is 25.7. The van der Waals surface area contributed by atoms with Gasteiger partial charge in [0.05, 0.1) is 25.9 Å². The van der Waals surface area contributed by atoms with E-state index >= 15 is 0 Å². The van der Waals surface area contributed by atoms with Crippen molar-refractivity contribution in [2.45, 2.75) is 123 Å². The molecule has 4 atom stereocenters. The number of hydrogen-bond donors (Lipinski definition) is 0. The van der Waals surface area contributed by atoms with Crippen LogP contribution in [0.15, 0.2) is 49.1 Å². The Labute approximate surface area is 243 Å². The minimum Gasteiger partial charge on any atom is -0.497 e. The predicted molar refractivity (Wildman–Crippen MR) is 174 cm³/mol. The molecule has 0 bridgehead atoms. The van der Waals surface area contributed by atoms with Crippen LogP contribution in [0.3, 0.4) is 0 Å². The van der Waals surface area contributed by atoms with Gasteiger partial charge in [-0.25, -0.2) is 0 Å². The van der Waals surface area contributed by atoms with E-state index in [9.17, 15) is 0 Å². The van der Waals surface area contributed by atoms with Crippen LogP contribution in [0.1, 0.15) is 73.8 Å². The maximum atomic E-state index is 7.12. The van der Waals surface area contributed by atoms with Crippen molar-refractivity contribution >= 4 is 16.6 Å². The summed E-state index contributed by atoms with van der Waals surface area (Å²) in [6.45, 7) is 32.9. The highest BCUT2D eigenvalue weighted by Crippen LogP contribution is 2.40. The average Bonchev–Trinajstić information content (AvgIpc) is 2.83. The van der Waals surface area contributed by atoms with Gasteiger partial charge >= 0.3 is 0 Å². The standard InChI is InChI=1S/C33H60O4Si2/c1-15-16-18-26(2)31(37-39(13,14)33(7,8)9)27(3)30(19-17-24-36-38(11,12)32(4,5)6)35-25-28-20-22-29(34-10)23-21-28/h15-16,18,20-23,26-27,30-31H,1,17,19,24-25H2,2-14H3/b18-16+. The molecule has 6 heteroatoms. The second-order valence-corrected chi connectivity index (χ2v) is 23.7. The molecule has 4 nitrogen and oxygen atoms in total. The molecule has 1 rings (SSSR count). The number of hydrogen-bond acceptors (Lipinski definition) is 4. The van der Waals surface area contributed by atoms with Gasteiger partial charge in [0.2, 0.25) is 0 Å². The summed E-state index contributed by atoms with van der Waals surface area (Å²) in [5, 5.41) is 0.336. The Morgan fingerprint density at radius 3 is 1.95 bits per heavy atom. The summed E-state index contributed by atoms with van der Waals surface area (Å²) in [7, 11) is -2.10. The third-order valence-electron chi connectivity index (χ3n) is 8.94. The Hall–Kier alpha value is -1.19. The SMILES string of the molecule is C=C/C=C/C(C)C(O[Si](C)(C)C(C)(C)C)C(C)C(CCCO[Si](C)(C)C(C)(C)C)OCc1ccc(OC)cc1. The Morgan fingerprint density at radius 2 is 1.46 bits per heavy atom. The molecule has 1 aromatic carbocycles. The molecule has 0 aliphatic heterocycles. The molecule has 39 heavy (non-hydrogen) atoms. The quantitative estimate of drug-likeness (QED) is 0.111. The molecule has 4 unspecified atom stereocenters. The molecule has 224 valence electrons. The van der Waals surface area contributed by atoms with Gasteiger partial charge in [-0.1, -0.05) is 92.3 Å².